The lowest BCUT2D eigenvalue weighted by atomic mass is 9.91. The summed E-state index contributed by atoms with van der Waals surface area (Å²) in [6.07, 6.45) is 0.163. The van der Waals surface area contributed by atoms with Crippen LogP contribution in [-0.4, -0.2) is 34.3 Å². The highest BCUT2D eigenvalue weighted by Crippen LogP contribution is 2.32. The molecule has 1 heterocycles. The van der Waals surface area contributed by atoms with E-state index in [4.69, 9.17) is 5.11 Å². The molecule has 0 aromatic carbocycles. The van der Waals surface area contributed by atoms with Gasteiger partial charge in [0.15, 0.2) is 0 Å². The van der Waals surface area contributed by atoms with Crippen molar-refractivity contribution < 1.29 is 19.5 Å². The summed E-state index contributed by atoms with van der Waals surface area (Å²) >= 11 is 0. The molecule has 1 rings (SSSR count). The maximum Gasteiger partial charge on any atom is 0.308 e. The second kappa shape index (κ2) is 4.47. The lowest BCUT2D eigenvalue weighted by Gasteiger charge is -2.23. The second-order valence-corrected chi connectivity index (χ2v) is 5.56. The fraction of sp³-hybridized carbons (Fsp3) is 0.750. The molecule has 1 unspecified atom stereocenters. The van der Waals surface area contributed by atoms with Crippen molar-refractivity contribution in [3.05, 3.63) is 0 Å². The van der Waals surface area contributed by atoms with Crippen molar-refractivity contribution in [3.63, 3.8) is 0 Å². The van der Waals surface area contributed by atoms with Gasteiger partial charge < -0.3 is 5.11 Å². The summed E-state index contributed by atoms with van der Waals surface area (Å²) in [6.45, 7) is 6.94. The minimum atomic E-state index is -0.967. The lowest BCUT2D eigenvalue weighted by Crippen LogP contribution is -2.40. The molecule has 17 heavy (non-hydrogen) atoms. The molecule has 2 amide bonds. The van der Waals surface area contributed by atoms with Crippen molar-refractivity contribution in [1.82, 2.24) is 4.90 Å². The van der Waals surface area contributed by atoms with Gasteiger partial charge in [0.05, 0.1) is 11.3 Å². The predicted molar refractivity (Wildman–Crippen MR) is 61.1 cm³/mol. The van der Waals surface area contributed by atoms with Crippen LogP contribution in [0.3, 0.4) is 0 Å². The normalized spacial score (nSPS) is 21.1. The van der Waals surface area contributed by atoms with Gasteiger partial charge in [0.2, 0.25) is 11.8 Å². The molecule has 0 radical (unpaired) electrons. The van der Waals surface area contributed by atoms with Gasteiger partial charge in [-0.25, -0.2) is 0 Å². The number of carbonyl (C=O) groups is 3. The molecule has 1 aliphatic rings. The van der Waals surface area contributed by atoms with Crippen molar-refractivity contribution in [2.45, 2.75) is 34.1 Å². The molecule has 1 atom stereocenters. The summed E-state index contributed by atoms with van der Waals surface area (Å²) in [4.78, 5) is 35.8. The van der Waals surface area contributed by atoms with Gasteiger partial charge in [-0.2, -0.15) is 0 Å². The number of carbonyl (C=O) groups excluding carboxylic acids is 2. The molecule has 5 nitrogen and oxygen atoms in total. The number of rotatable bonds is 4. The molecule has 0 spiro atoms. The van der Waals surface area contributed by atoms with Crippen molar-refractivity contribution in [2.24, 2.45) is 17.3 Å². The Balaban J connectivity index is 2.85. The number of nitrogens with zero attached hydrogens (tertiary/aromatic N) is 1. The van der Waals surface area contributed by atoms with E-state index in [2.05, 4.69) is 0 Å². The Bertz CT molecular complexity index is 360. The molecule has 5 heteroatoms. The Hall–Kier alpha value is -1.39. The second-order valence-electron chi connectivity index (χ2n) is 5.56. The number of aliphatic carboxylic acids is 1. The highest BCUT2D eigenvalue weighted by Gasteiger charge is 2.46. The standard InChI is InChI=1S/C12H19NO4/c1-7(2)8(10(15)16)6-13-9(14)5-12(3,4)11(13)17/h7-8H,5-6H2,1-4H3,(H,15,16). The number of hydrogen-bond acceptors (Lipinski definition) is 3. The van der Waals surface area contributed by atoms with Crippen LogP contribution in [0, 0.1) is 17.3 Å². The van der Waals surface area contributed by atoms with E-state index in [0.29, 0.717) is 0 Å². The van der Waals surface area contributed by atoms with Crippen LogP contribution in [-0.2, 0) is 14.4 Å². The Kier molecular flexibility index (Phi) is 3.59. The minimum Gasteiger partial charge on any atom is -0.481 e. The summed E-state index contributed by atoms with van der Waals surface area (Å²) in [5.74, 6) is -2.32. The molecule has 0 saturated carbocycles. The Morgan fingerprint density at radius 1 is 1.41 bits per heavy atom. The van der Waals surface area contributed by atoms with Gasteiger partial charge in [-0.1, -0.05) is 27.7 Å². The van der Waals surface area contributed by atoms with Crippen LogP contribution in [0.25, 0.3) is 0 Å². The first-order valence-electron chi connectivity index (χ1n) is 5.74. The van der Waals surface area contributed by atoms with Crippen molar-refractivity contribution >= 4 is 17.8 Å². The van der Waals surface area contributed by atoms with E-state index in [-0.39, 0.29) is 30.7 Å². The molecule has 1 aliphatic heterocycles. The molecule has 0 aromatic heterocycles. The molecular weight excluding hydrogens is 222 g/mol. The van der Waals surface area contributed by atoms with Gasteiger partial charge in [0.1, 0.15) is 0 Å². The zero-order chi connectivity index (χ0) is 13.4. The number of amides is 2. The average Bonchev–Trinajstić information content (AvgIpc) is 2.33. The third kappa shape index (κ3) is 2.65. The molecule has 0 aliphatic carbocycles. The summed E-state index contributed by atoms with van der Waals surface area (Å²) in [5, 5.41) is 9.06. The fourth-order valence-electron chi connectivity index (χ4n) is 1.98. The highest BCUT2D eigenvalue weighted by molar-refractivity contribution is 6.05. The molecule has 1 fully saturated rings. The van der Waals surface area contributed by atoms with Crippen LogP contribution in [0.15, 0.2) is 0 Å². The molecule has 1 N–H and O–H groups in total. The Morgan fingerprint density at radius 2 is 1.94 bits per heavy atom. The van der Waals surface area contributed by atoms with E-state index in [1.807, 2.05) is 0 Å². The van der Waals surface area contributed by atoms with Gasteiger partial charge in [-0.3, -0.25) is 19.3 Å². The first-order chi connectivity index (χ1) is 7.66. The topological polar surface area (TPSA) is 74.7 Å². The van der Waals surface area contributed by atoms with Crippen LogP contribution < -0.4 is 0 Å². The maximum absolute atomic E-state index is 11.9. The smallest absolute Gasteiger partial charge is 0.308 e. The van der Waals surface area contributed by atoms with E-state index < -0.39 is 17.3 Å². The summed E-state index contributed by atoms with van der Waals surface area (Å²) in [7, 11) is 0. The Morgan fingerprint density at radius 3 is 2.24 bits per heavy atom. The van der Waals surface area contributed by atoms with Gasteiger partial charge in [0, 0.05) is 13.0 Å². The van der Waals surface area contributed by atoms with Crippen LogP contribution in [0.4, 0.5) is 0 Å². The number of carboxylic acids is 1. The summed E-state index contributed by atoms with van der Waals surface area (Å²) < 4.78 is 0. The van der Waals surface area contributed by atoms with Crippen molar-refractivity contribution in [1.29, 1.82) is 0 Å². The van der Waals surface area contributed by atoms with Crippen LogP contribution in [0.1, 0.15) is 34.1 Å². The van der Waals surface area contributed by atoms with Crippen molar-refractivity contribution in [2.75, 3.05) is 6.54 Å². The zero-order valence-corrected chi connectivity index (χ0v) is 10.7. The first-order valence-corrected chi connectivity index (χ1v) is 5.74. The van der Waals surface area contributed by atoms with E-state index in [1.165, 1.54) is 0 Å². The highest BCUT2D eigenvalue weighted by atomic mass is 16.4. The van der Waals surface area contributed by atoms with E-state index in [0.717, 1.165) is 4.90 Å². The van der Waals surface area contributed by atoms with Gasteiger partial charge >= 0.3 is 5.97 Å². The van der Waals surface area contributed by atoms with Gasteiger partial charge in [-0.15, -0.1) is 0 Å². The number of likely N-dealkylation sites (tertiary alicyclic amines) is 1. The number of hydrogen-bond donors (Lipinski definition) is 1. The fourth-order valence-corrected chi connectivity index (χ4v) is 1.98. The lowest BCUT2D eigenvalue weighted by molar-refractivity contribution is -0.147. The zero-order valence-electron chi connectivity index (χ0n) is 10.7. The molecular formula is C12H19NO4. The third-order valence-electron chi connectivity index (χ3n) is 3.22. The molecule has 1 saturated heterocycles. The summed E-state index contributed by atoms with van der Waals surface area (Å²) in [5.41, 5.74) is -0.697. The van der Waals surface area contributed by atoms with Crippen LogP contribution in [0.2, 0.25) is 0 Å². The van der Waals surface area contributed by atoms with Crippen molar-refractivity contribution in [3.8, 4) is 0 Å². The van der Waals surface area contributed by atoms with Crippen LogP contribution in [0.5, 0.6) is 0 Å². The predicted octanol–water partition coefficient (Wildman–Crippen LogP) is 1.13. The van der Waals surface area contributed by atoms with E-state index in [1.54, 1.807) is 27.7 Å². The molecule has 96 valence electrons. The Labute approximate surface area is 101 Å². The minimum absolute atomic E-state index is 0.0197. The SMILES string of the molecule is CC(C)C(CN1C(=O)CC(C)(C)C1=O)C(=O)O. The monoisotopic (exact) mass is 241 g/mol. The largest absolute Gasteiger partial charge is 0.481 e. The van der Waals surface area contributed by atoms with Crippen LogP contribution >= 0.6 is 0 Å². The van der Waals surface area contributed by atoms with E-state index >= 15 is 0 Å². The quantitative estimate of drug-likeness (QED) is 0.749. The average molecular weight is 241 g/mol. The molecule has 0 bridgehead atoms. The van der Waals surface area contributed by atoms with Gasteiger partial charge in [0.25, 0.3) is 0 Å². The first kappa shape index (κ1) is 13.7. The third-order valence-corrected chi connectivity index (χ3v) is 3.22. The number of carboxylic acid groups (broad SMARTS) is 1. The maximum atomic E-state index is 11.9. The molecule has 0 aromatic rings. The van der Waals surface area contributed by atoms with Gasteiger partial charge in [-0.05, 0) is 5.92 Å². The summed E-state index contributed by atoms with van der Waals surface area (Å²) in [6, 6.07) is 0. The number of imide groups is 1. The van der Waals surface area contributed by atoms with E-state index in [9.17, 15) is 14.4 Å².